The lowest BCUT2D eigenvalue weighted by Crippen LogP contribution is -2.28. The number of hydrogen-bond acceptors (Lipinski definition) is 10. The number of aromatic hydroxyl groups is 2. The van der Waals surface area contributed by atoms with E-state index in [-0.39, 0.29) is 47.0 Å². The van der Waals surface area contributed by atoms with E-state index in [9.17, 15) is 19.8 Å². The average molecular weight is 459 g/mol. The summed E-state index contributed by atoms with van der Waals surface area (Å²) in [6.45, 7) is 3.15. The van der Waals surface area contributed by atoms with Gasteiger partial charge in [0.15, 0.2) is 0 Å². The monoisotopic (exact) mass is 458 g/mol. The third-order valence-corrected chi connectivity index (χ3v) is 5.32. The lowest BCUT2D eigenvalue weighted by molar-refractivity contribution is 0.0975. The molecule has 0 heterocycles. The van der Waals surface area contributed by atoms with Crippen LogP contribution in [0.3, 0.4) is 0 Å². The summed E-state index contributed by atoms with van der Waals surface area (Å²) in [5.41, 5.74) is 0.769. The molecule has 178 valence electrons. The van der Waals surface area contributed by atoms with Gasteiger partial charge in [0.05, 0.1) is 35.5 Å². The maximum absolute atomic E-state index is 13.4. The molecule has 10 heteroatoms. The van der Waals surface area contributed by atoms with E-state index in [1.54, 1.807) is 12.1 Å². The third kappa shape index (κ3) is 5.42. The fraction of sp³-hybridized carbons (Fsp3) is 0.391. The molecule has 0 bridgehead atoms. The van der Waals surface area contributed by atoms with Crippen molar-refractivity contribution in [3.8, 4) is 11.5 Å². The molecular formula is C23H30N4O6. The zero-order valence-corrected chi connectivity index (χ0v) is 18.3. The van der Waals surface area contributed by atoms with Gasteiger partial charge in [-0.05, 0) is 37.2 Å². The molecule has 0 saturated heterocycles. The van der Waals surface area contributed by atoms with Crippen molar-refractivity contribution in [3.63, 3.8) is 0 Å². The van der Waals surface area contributed by atoms with Crippen molar-refractivity contribution in [3.05, 3.63) is 46.5 Å². The number of carbonyl (C=O) groups excluding carboxylic acids is 2. The topological polar surface area (TPSA) is 163 Å². The fourth-order valence-electron chi connectivity index (χ4n) is 3.79. The van der Waals surface area contributed by atoms with E-state index in [0.717, 1.165) is 6.42 Å². The van der Waals surface area contributed by atoms with Gasteiger partial charge in [0.1, 0.15) is 11.5 Å². The quantitative estimate of drug-likeness (QED) is 0.132. The third-order valence-electron chi connectivity index (χ3n) is 5.32. The van der Waals surface area contributed by atoms with Crippen LogP contribution in [0.1, 0.15) is 38.3 Å². The van der Waals surface area contributed by atoms with Crippen LogP contribution in [-0.4, -0.2) is 84.5 Å². The van der Waals surface area contributed by atoms with Crippen LogP contribution in [0.2, 0.25) is 0 Å². The molecule has 0 atom stereocenters. The number of nitrogens with one attached hydrogen (secondary N) is 4. The van der Waals surface area contributed by atoms with Gasteiger partial charge in [-0.15, -0.1) is 0 Å². The van der Waals surface area contributed by atoms with Gasteiger partial charge in [-0.1, -0.05) is 0 Å². The Balaban J connectivity index is 1.92. The minimum Gasteiger partial charge on any atom is -0.507 e. The van der Waals surface area contributed by atoms with E-state index in [0.29, 0.717) is 50.6 Å². The summed E-state index contributed by atoms with van der Waals surface area (Å²) >= 11 is 0. The van der Waals surface area contributed by atoms with Crippen molar-refractivity contribution in [2.75, 3.05) is 63.1 Å². The molecule has 0 aliphatic heterocycles. The summed E-state index contributed by atoms with van der Waals surface area (Å²) in [5, 5.41) is 50.7. The summed E-state index contributed by atoms with van der Waals surface area (Å²) in [6, 6.07) is 5.80. The largest absolute Gasteiger partial charge is 0.507 e. The Bertz CT molecular complexity index is 1010. The van der Waals surface area contributed by atoms with Crippen LogP contribution in [0.25, 0.3) is 0 Å². The fourth-order valence-corrected chi connectivity index (χ4v) is 3.79. The van der Waals surface area contributed by atoms with Crippen LogP contribution in [0.5, 0.6) is 11.5 Å². The van der Waals surface area contributed by atoms with Gasteiger partial charge in [-0.3, -0.25) is 9.59 Å². The summed E-state index contributed by atoms with van der Waals surface area (Å²) < 4.78 is 0. The number of rotatable bonds is 13. The molecule has 0 unspecified atom stereocenters. The molecule has 8 N–H and O–H groups in total. The molecule has 0 aromatic heterocycles. The number of phenolic OH excluding ortho intramolecular Hbond substituents is 2. The van der Waals surface area contributed by atoms with Crippen LogP contribution >= 0.6 is 0 Å². The highest BCUT2D eigenvalue weighted by Gasteiger charge is 2.37. The minimum atomic E-state index is -0.549. The Hall–Kier alpha value is -3.18. The number of fused-ring (bicyclic) bond motifs is 2. The second kappa shape index (κ2) is 11.6. The van der Waals surface area contributed by atoms with Crippen LogP contribution < -0.4 is 21.3 Å². The molecule has 2 aromatic carbocycles. The van der Waals surface area contributed by atoms with E-state index in [1.165, 1.54) is 12.1 Å². The highest BCUT2D eigenvalue weighted by atomic mass is 16.3. The standard InChI is InChI=1S/C23H30N4O6/c28-12-10-24-6-1-7-26-14-2-3-15(27-9-8-25-11-13-29)19-18(14)22(32)20-16(30)4-5-17(31)21(20)23(19)33/h2-5,24-31H,1,6-13H2. The number of aliphatic hydroxyl groups excluding tert-OH is 2. The van der Waals surface area contributed by atoms with E-state index in [1.807, 2.05) is 0 Å². The summed E-state index contributed by atoms with van der Waals surface area (Å²) in [7, 11) is 0. The molecule has 0 fully saturated rings. The summed E-state index contributed by atoms with van der Waals surface area (Å²) in [6.07, 6.45) is 0.718. The van der Waals surface area contributed by atoms with Crippen molar-refractivity contribution in [2.45, 2.75) is 6.42 Å². The van der Waals surface area contributed by atoms with Gasteiger partial charge in [-0.25, -0.2) is 0 Å². The first kappa shape index (κ1) is 24.5. The van der Waals surface area contributed by atoms with Crippen LogP contribution in [-0.2, 0) is 0 Å². The Kier molecular flexibility index (Phi) is 8.61. The summed E-state index contributed by atoms with van der Waals surface area (Å²) in [5.74, 6) is -1.82. The normalized spacial score (nSPS) is 12.4. The molecule has 0 spiro atoms. The maximum atomic E-state index is 13.4. The lowest BCUT2D eigenvalue weighted by Gasteiger charge is -2.25. The number of phenols is 2. The SMILES string of the molecule is O=C1c2c(O)ccc(O)c2C(=O)c2c(NCCNCCO)ccc(NCCCNCCO)c21. The van der Waals surface area contributed by atoms with E-state index in [4.69, 9.17) is 10.2 Å². The Morgan fingerprint density at radius 2 is 1.06 bits per heavy atom. The zero-order chi connectivity index (χ0) is 23.8. The van der Waals surface area contributed by atoms with Gasteiger partial charge in [0.25, 0.3) is 0 Å². The number of ketones is 2. The predicted molar refractivity (Wildman–Crippen MR) is 125 cm³/mol. The van der Waals surface area contributed by atoms with Crippen molar-refractivity contribution < 1.29 is 30.0 Å². The molecule has 3 rings (SSSR count). The number of benzene rings is 2. The zero-order valence-electron chi connectivity index (χ0n) is 18.3. The predicted octanol–water partition coefficient (Wildman–Crippen LogP) is 0.251. The highest BCUT2D eigenvalue weighted by molar-refractivity contribution is 6.33. The highest BCUT2D eigenvalue weighted by Crippen LogP contribution is 2.42. The van der Waals surface area contributed by atoms with Gasteiger partial charge in [0, 0.05) is 44.1 Å². The van der Waals surface area contributed by atoms with Gasteiger partial charge in [-0.2, -0.15) is 0 Å². The molecule has 10 nitrogen and oxygen atoms in total. The first-order valence-corrected chi connectivity index (χ1v) is 10.9. The number of carbonyl (C=O) groups is 2. The number of hydrogen-bond donors (Lipinski definition) is 8. The average Bonchev–Trinajstić information content (AvgIpc) is 2.81. The van der Waals surface area contributed by atoms with Gasteiger partial charge >= 0.3 is 0 Å². The molecule has 0 radical (unpaired) electrons. The molecule has 1 aliphatic carbocycles. The Morgan fingerprint density at radius 3 is 1.58 bits per heavy atom. The van der Waals surface area contributed by atoms with E-state index < -0.39 is 11.6 Å². The van der Waals surface area contributed by atoms with Crippen molar-refractivity contribution in [2.24, 2.45) is 0 Å². The molecule has 0 saturated carbocycles. The van der Waals surface area contributed by atoms with Crippen molar-refractivity contribution in [1.82, 2.24) is 10.6 Å². The Morgan fingerprint density at radius 1 is 0.576 bits per heavy atom. The van der Waals surface area contributed by atoms with E-state index in [2.05, 4.69) is 21.3 Å². The molecule has 33 heavy (non-hydrogen) atoms. The van der Waals surface area contributed by atoms with Gasteiger partial charge < -0.3 is 41.7 Å². The second-order valence-electron chi connectivity index (χ2n) is 7.58. The van der Waals surface area contributed by atoms with Crippen LogP contribution in [0.4, 0.5) is 11.4 Å². The lowest BCUT2D eigenvalue weighted by atomic mass is 9.81. The number of aliphatic hydroxyl groups is 2. The summed E-state index contributed by atoms with van der Waals surface area (Å²) in [4.78, 5) is 26.8. The van der Waals surface area contributed by atoms with Crippen molar-refractivity contribution in [1.29, 1.82) is 0 Å². The first-order valence-electron chi connectivity index (χ1n) is 10.9. The van der Waals surface area contributed by atoms with Crippen LogP contribution in [0, 0.1) is 0 Å². The second-order valence-corrected chi connectivity index (χ2v) is 7.58. The molecule has 2 aromatic rings. The van der Waals surface area contributed by atoms with Crippen molar-refractivity contribution >= 4 is 22.9 Å². The molecule has 0 amide bonds. The first-order chi connectivity index (χ1) is 16.0. The van der Waals surface area contributed by atoms with Crippen LogP contribution in [0.15, 0.2) is 24.3 Å². The van der Waals surface area contributed by atoms with E-state index >= 15 is 0 Å². The molecular weight excluding hydrogens is 428 g/mol. The maximum Gasteiger partial charge on any atom is 0.200 e. The minimum absolute atomic E-state index is 0.0117. The molecule has 1 aliphatic rings. The smallest absolute Gasteiger partial charge is 0.200 e. The Labute approximate surface area is 191 Å². The number of anilines is 2. The van der Waals surface area contributed by atoms with Gasteiger partial charge in [0.2, 0.25) is 11.6 Å².